The molecule has 1 aliphatic carbocycles. The van der Waals surface area contributed by atoms with Crippen molar-refractivity contribution in [1.82, 2.24) is 10.2 Å². The largest absolute Gasteiger partial charge is 0.467 e. The molecule has 3 rings (SSSR count). The van der Waals surface area contributed by atoms with Crippen molar-refractivity contribution in [2.75, 3.05) is 18.6 Å². The Morgan fingerprint density at radius 3 is 2.39 bits per heavy atom. The van der Waals surface area contributed by atoms with E-state index >= 15 is 0 Å². The van der Waals surface area contributed by atoms with E-state index in [4.69, 9.17) is 4.74 Å². The quantitative estimate of drug-likeness (QED) is 0.614. The van der Waals surface area contributed by atoms with Crippen molar-refractivity contribution in [3.8, 4) is 0 Å². The highest BCUT2D eigenvalue weighted by Crippen LogP contribution is 2.30. The smallest absolute Gasteiger partial charge is 0.332 e. The van der Waals surface area contributed by atoms with Crippen LogP contribution in [0.15, 0.2) is 30.3 Å². The van der Waals surface area contributed by atoms with Crippen molar-refractivity contribution in [2.45, 2.75) is 50.6 Å². The molecule has 1 aromatic carbocycles. The standard InChI is InChI=1S/C20H25N3O5/c1-14-17(25)22(19(27)23(14)15-9-5-3-6-10-15)13-16(24)21-20(18(26)28-2)11-7-4-8-12-20/h3,5-6,9-10,14H,4,7-8,11-13H2,1-2H3,(H,21,24). The number of carbonyl (C=O) groups is 4. The Balaban J connectivity index is 1.73. The summed E-state index contributed by atoms with van der Waals surface area (Å²) >= 11 is 0. The average Bonchev–Trinajstić information content (AvgIpc) is 2.91. The molecule has 0 bridgehead atoms. The molecule has 1 aliphatic heterocycles. The van der Waals surface area contributed by atoms with Crippen molar-refractivity contribution in [3.05, 3.63) is 30.3 Å². The Kier molecular flexibility index (Phi) is 5.67. The maximum atomic E-state index is 12.8. The van der Waals surface area contributed by atoms with Crippen LogP contribution in [-0.4, -0.2) is 54.0 Å². The molecule has 1 saturated heterocycles. The molecule has 8 nitrogen and oxygen atoms in total. The van der Waals surface area contributed by atoms with Crippen LogP contribution in [0.25, 0.3) is 0 Å². The highest BCUT2D eigenvalue weighted by atomic mass is 16.5. The molecule has 2 fully saturated rings. The number of urea groups is 1. The molecule has 1 heterocycles. The van der Waals surface area contributed by atoms with E-state index < -0.39 is 41.9 Å². The molecule has 1 N–H and O–H groups in total. The maximum Gasteiger partial charge on any atom is 0.332 e. The first kappa shape index (κ1) is 19.9. The number of hydrogen-bond donors (Lipinski definition) is 1. The summed E-state index contributed by atoms with van der Waals surface area (Å²) in [6, 6.07) is 7.59. The fourth-order valence-electron chi connectivity index (χ4n) is 3.98. The zero-order chi connectivity index (χ0) is 20.3. The first-order chi connectivity index (χ1) is 13.4. The number of rotatable bonds is 5. The normalized spacial score (nSPS) is 21.6. The SMILES string of the molecule is COC(=O)C1(NC(=O)CN2C(=O)C(C)N(c3ccccc3)C2=O)CCCCC1. The molecule has 1 atom stereocenters. The van der Waals surface area contributed by atoms with Gasteiger partial charge < -0.3 is 10.1 Å². The van der Waals surface area contributed by atoms with E-state index in [-0.39, 0.29) is 0 Å². The molecule has 8 heteroatoms. The number of hydrogen-bond acceptors (Lipinski definition) is 5. The summed E-state index contributed by atoms with van der Waals surface area (Å²) in [6.07, 6.45) is 3.56. The van der Waals surface area contributed by atoms with Gasteiger partial charge in [0.05, 0.1) is 7.11 Å². The minimum Gasteiger partial charge on any atom is -0.467 e. The second kappa shape index (κ2) is 8.00. The van der Waals surface area contributed by atoms with Crippen LogP contribution in [0, 0.1) is 0 Å². The first-order valence-corrected chi connectivity index (χ1v) is 9.49. The summed E-state index contributed by atoms with van der Waals surface area (Å²) in [5.41, 5.74) is -0.491. The summed E-state index contributed by atoms with van der Waals surface area (Å²) in [5.74, 6) is -1.48. The van der Waals surface area contributed by atoms with Crippen molar-refractivity contribution >= 4 is 29.5 Å². The zero-order valence-corrected chi connectivity index (χ0v) is 16.1. The summed E-state index contributed by atoms with van der Waals surface area (Å²) in [5, 5.41) is 2.74. The van der Waals surface area contributed by atoms with Crippen LogP contribution >= 0.6 is 0 Å². The number of nitrogens with one attached hydrogen (secondary N) is 1. The third-order valence-electron chi connectivity index (χ3n) is 5.45. The number of benzene rings is 1. The van der Waals surface area contributed by atoms with Gasteiger partial charge in [-0.2, -0.15) is 0 Å². The number of esters is 1. The summed E-state index contributed by atoms with van der Waals surface area (Å²) in [4.78, 5) is 52.6. The van der Waals surface area contributed by atoms with Gasteiger partial charge in [0.15, 0.2) is 0 Å². The second-order valence-electron chi connectivity index (χ2n) is 7.27. The van der Waals surface area contributed by atoms with Gasteiger partial charge in [0.25, 0.3) is 5.91 Å². The highest BCUT2D eigenvalue weighted by Gasteiger charge is 2.46. The molecular formula is C20H25N3O5. The van der Waals surface area contributed by atoms with E-state index in [2.05, 4.69) is 5.32 Å². The van der Waals surface area contributed by atoms with Gasteiger partial charge in [-0.05, 0) is 31.9 Å². The van der Waals surface area contributed by atoms with E-state index in [0.29, 0.717) is 18.5 Å². The summed E-state index contributed by atoms with van der Waals surface area (Å²) in [6.45, 7) is 1.20. The molecule has 4 amide bonds. The lowest BCUT2D eigenvalue weighted by Crippen LogP contribution is -2.58. The molecule has 1 aromatic rings. The number of amides is 4. The van der Waals surface area contributed by atoms with Gasteiger partial charge in [-0.1, -0.05) is 37.5 Å². The van der Waals surface area contributed by atoms with Gasteiger partial charge in [0.1, 0.15) is 18.1 Å². The first-order valence-electron chi connectivity index (χ1n) is 9.49. The molecule has 28 heavy (non-hydrogen) atoms. The fraction of sp³-hybridized carbons (Fsp3) is 0.500. The predicted octanol–water partition coefficient (Wildman–Crippen LogP) is 1.84. The summed E-state index contributed by atoms with van der Waals surface area (Å²) in [7, 11) is 1.29. The molecular weight excluding hydrogens is 362 g/mol. The predicted molar refractivity (Wildman–Crippen MR) is 101 cm³/mol. The number of para-hydroxylation sites is 1. The van der Waals surface area contributed by atoms with E-state index in [1.165, 1.54) is 12.0 Å². The lowest BCUT2D eigenvalue weighted by Gasteiger charge is -2.35. The minimum absolute atomic E-state index is 0.427. The zero-order valence-electron chi connectivity index (χ0n) is 16.1. The fourth-order valence-corrected chi connectivity index (χ4v) is 3.98. The topological polar surface area (TPSA) is 96.0 Å². The highest BCUT2D eigenvalue weighted by molar-refractivity contribution is 6.15. The van der Waals surface area contributed by atoms with Gasteiger partial charge in [-0.3, -0.25) is 19.4 Å². The van der Waals surface area contributed by atoms with E-state index in [1.807, 2.05) is 6.07 Å². The lowest BCUT2D eigenvalue weighted by molar-refractivity contribution is -0.152. The van der Waals surface area contributed by atoms with Crippen molar-refractivity contribution < 1.29 is 23.9 Å². The van der Waals surface area contributed by atoms with E-state index in [9.17, 15) is 19.2 Å². The Bertz CT molecular complexity index is 773. The van der Waals surface area contributed by atoms with Crippen LogP contribution in [0.2, 0.25) is 0 Å². The van der Waals surface area contributed by atoms with Gasteiger partial charge in [0, 0.05) is 5.69 Å². The molecule has 150 valence electrons. The third-order valence-corrected chi connectivity index (χ3v) is 5.45. The van der Waals surface area contributed by atoms with Gasteiger partial charge in [-0.15, -0.1) is 0 Å². The Hall–Kier alpha value is -2.90. The van der Waals surface area contributed by atoms with Crippen LogP contribution < -0.4 is 10.2 Å². The third kappa shape index (κ3) is 3.58. The van der Waals surface area contributed by atoms with Gasteiger partial charge in [0.2, 0.25) is 5.91 Å². The number of imide groups is 1. The number of nitrogens with zero attached hydrogens (tertiary/aromatic N) is 2. The van der Waals surface area contributed by atoms with Crippen molar-refractivity contribution in [1.29, 1.82) is 0 Å². The monoisotopic (exact) mass is 387 g/mol. The number of anilines is 1. The van der Waals surface area contributed by atoms with Crippen LogP contribution in [0.5, 0.6) is 0 Å². The van der Waals surface area contributed by atoms with Crippen LogP contribution in [0.4, 0.5) is 10.5 Å². The average molecular weight is 387 g/mol. The van der Waals surface area contributed by atoms with E-state index in [0.717, 1.165) is 24.2 Å². The molecule has 1 unspecified atom stereocenters. The maximum absolute atomic E-state index is 12.8. The Morgan fingerprint density at radius 1 is 1.14 bits per heavy atom. The van der Waals surface area contributed by atoms with Crippen LogP contribution in [0.1, 0.15) is 39.0 Å². The van der Waals surface area contributed by atoms with Gasteiger partial charge in [-0.25, -0.2) is 9.59 Å². The molecule has 0 spiro atoms. The minimum atomic E-state index is -1.08. The van der Waals surface area contributed by atoms with Crippen LogP contribution in [0.3, 0.4) is 0 Å². The number of carbonyl (C=O) groups excluding carboxylic acids is 4. The molecule has 1 saturated carbocycles. The Morgan fingerprint density at radius 2 is 1.79 bits per heavy atom. The van der Waals surface area contributed by atoms with E-state index in [1.54, 1.807) is 31.2 Å². The molecule has 2 aliphatic rings. The summed E-state index contributed by atoms with van der Waals surface area (Å²) < 4.78 is 4.89. The molecule has 0 radical (unpaired) electrons. The molecule has 0 aromatic heterocycles. The van der Waals surface area contributed by atoms with Crippen molar-refractivity contribution in [3.63, 3.8) is 0 Å². The lowest BCUT2D eigenvalue weighted by atomic mass is 9.81. The number of methoxy groups -OCH3 is 1. The Labute approximate surface area is 163 Å². The second-order valence-corrected chi connectivity index (χ2v) is 7.27. The van der Waals surface area contributed by atoms with Crippen LogP contribution in [-0.2, 0) is 19.1 Å². The van der Waals surface area contributed by atoms with Gasteiger partial charge >= 0.3 is 12.0 Å². The van der Waals surface area contributed by atoms with Crippen molar-refractivity contribution in [2.24, 2.45) is 0 Å². The number of ether oxygens (including phenoxy) is 1.